The van der Waals surface area contributed by atoms with Gasteiger partial charge >= 0.3 is 0 Å². The van der Waals surface area contributed by atoms with Crippen LogP contribution in [0.3, 0.4) is 0 Å². The number of likely N-dealkylation sites (tertiary alicyclic amines) is 1. The maximum absolute atomic E-state index is 11.9. The predicted octanol–water partition coefficient (Wildman–Crippen LogP) is 1.61. The Bertz CT molecular complexity index is 397. The zero-order valence-corrected chi connectivity index (χ0v) is 10.7. The van der Waals surface area contributed by atoms with E-state index in [0.717, 1.165) is 19.6 Å². The Morgan fingerprint density at radius 2 is 1.94 bits per heavy atom. The maximum atomic E-state index is 11.9. The number of carbonyl (C=O) groups is 1. The number of carbonyl (C=O) groups excluding carboxylic acids is 1. The van der Waals surface area contributed by atoms with Crippen LogP contribution in [-0.4, -0.2) is 41.6 Å². The highest BCUT2D eigenvalue weighted by molar-refractivity contribution is 5.94. The highest BCUT2D eigenvalue weighted by Gasteiger charge is 2.16. The molecule has 1 unspecified atom stereocenters. The molecule has 2 N–H and O–H groups in total. The fraction of sp³-hybridized carbons (Fsp3) is 0.500. The van der Waals surface area contributed by atoms with Crippen molar-refractivity contribution >= 4 is 5.91 Å². The van der Waals surface area contributed by atoms with Gasteiger partial charge in [-0.25, -0.2) is 0 Å². The summed E-state index contributed by atoms with van der Waals surface area (Å²) in [6.45, 7) is 5.21. The van der Waals surface area contributed by atoms with E-state index in [9.17, 15) is 9.90 Å². The van der Waals surface area contributed by atoms with Crippen LogP contribution in [0.2, 0.25) is 0 Å². The molecule has 98 valence electrons. The third-order valence-corrected chi connectivity index (χ3v) is 3.24. The van der Waals surface area contributed by atoms with Crippen LogP contribution in [0.4, 0.5) is 0 Å². The Labute approximate surface area is 108 Å². The number of phenols is 1. The van der Waals surface area contributed by atoms with Crippen LogP contribution in [0.15, 0.2) is 24.3 Å². The monoisotopic (exact) mass is 248 g/mol. The summed E-state index contributed by atoms with van der Waals surface area (Å²) in [6.07, 6.45) is 2.53. The first-order chi connectivity index (χ1) is 8.65. The summed E-state index contributed by atoms with van der Waals surface area (Å²) < 4.78 is 0. The fourth-order valence-corrected chi connectivity index (χ4v) is 2.32. The molecular weight excluding hydrogens is 228 g/mol. The van der Waals surface area contributed by atoms with Gasteiger partial charge in [0.05, 0.1) is 0 Å². The number of phenolic OH excluding ortho intramolecular Hbond substituents is 1. The minimum atomic E-state index is -0.0818. The van der Waals surface area contributed by atoms with E-state index in [1.165, 1.54) is 25.0 Å². The number of nitrogens with zero attached hydrogens (tertiary/aromatic N) is 1. The van der Waals surface area contributed by atoms with Crippen LogP contribution in [0.5, 0.6) is 5.75 Å². The van der Waals surface area contributed by atoms with E-state index in [-0.39, 0.29) is 17.7 Å². The minimum Gasteiger partial charge on any atom is -0.508 e. The molecule has 1 aliphatic rings. The van der Waals surface area contributed by atoms with Crippen LogP contribution < -0.4 is 5.32 Å². The van der Waals surface area contributed by atoms with Crippen molar-refractivity contribution in [1.29, 1.82) is 0 Å². The predicted molar refractivity (Wildman–Crippen MR) is 70.7 cm³/mol. The van der Waals surface area contributed by atoms with E-state index in [4.69, 9.17) is 0 Å². The van der Waals surface area contributed by atoms with Crippen LogP contribution in [-0.2, 0) is 0 Å². The van der Waals surface area contributed by atoms with Gasteiger partial charge in [0.25, 0.3) is 5.91 Å². The topological polar surface area (TPSA) is 52.6 Å². The lowest BCUT2D eigenvalue weighted by Crippen LogP contribution is -2.41. The number of hydrogen-bond donors (Lipinski definition) is 2. The van der Waals surface area contributed by atoms with E-state index in [0.29, 0.717) is 5.56 Å². The number of benzene rings is 1. The molecular formula is C14H20N2O2. The van der Waals surface area contributed by atoms with Crippen LogP contribution >= 0.6 is 0 Å². The summed E-state index contributed by atoms with van der Waals surface area (Å²) in [7, 11) is 0. The van der Waals surface area contributed by atoms with Crippen LogP contribution in [0, 0.1) is 0 Å². The lowest BCUT2D eigenvalue weighted by Gasteiger charge is -2.21. The average Bonchev–Trinajstić information content (AvgIpc) is 2.82. The van der Waals surface area contributed by atoms with Gasteiger partial charge in [0.1, 0.15) is 5.75 Å². The zero-order chi connectivity index (χ0) is 13.0. The van der Waals surface area contributed by atoms with Crippen molar-refractivity contribution in [3.05, 3.63) is 29.8 Å². The highest BCUT2D eigenvalue weighted by atomic mass is 16.3. The number of aromatic hydroxyl groups is 1. The van der Waals surface area contributed by atoms with Gasteiger partial charge in [-0.2, -0.15) is 0 Å². The molecule has 1 aromatic carbocycles. The first-order valence-electron chi connectivity index (χ1n) is 6.47. The SMILES string of the molecule is CC(CN1CCCC1)NC(=O)c1ccc(O)cc1. The molecule has 0 aliphatic carbocycles. The second-order valence-electron chi connectivity index (χ2n) is 4.93. The van der Waals surface area contributed by atoms with E-state index in [1.54, 1.807) is 12.1 Å². The second-order valence-corrected chi connectivity index (χ2v) is 4.93. The molecule has 1 atom stereocenters. The summed E-state index contributed by atoms with van der Waals surface area (Å²) in [4.78, 5) is 14.3. The maximum Gasteiger partial charge on any atom is 0.251 e. The van der Waals surface area contributed by atoms with Gasteiger partial charge in [-0.3, -0.25) is 4.79 Å². The summed E-state index contributed by atoms with van der Waals surface area (Å²) in [6, 6.07) is 6.46. The second kappa shape index (κ2) is 5.87. The van der Waals surface area contributed by atoms with Crippen molar-refractivity contribution in [3.8, 4) is 5.75 Å². The molecule has 4 heteroatoms. The quantitative estimate of drug-likeness (QED) is 0.851. The van der Waals surface area contributed by atoms with E-state index in [1.807, 2.05) is 6.92 Å². The molecule has 4 nitrogen and oxygen atoms in total. The Balaban J connectivity index is 1.84. The number of nitrogens with one attached hydrogen (secondary N) is 1. The first kappa shape index (κ1) is 12.9. The molecule has 0 radical (unpaired) electrons. The van der Waals surface area contributed by atoms with Crippen molar-refractivity contribution in [2.75, 3.05) is 19.6 Å². The molecule has 1 aromatic rings. The molecule has 0 saturated carbocycles. The van der Waals surface area contributed by atoms with Gasteiger partial charge in [-0.1, -0.05) is 0 Å². The fourth-order valence-electron chi connectivity index (χ4n) is 2.32. The number of hydrogen-bond acceptors (Lipinski definition) is 3. The van der Waals surface area contributed by atoms with Crippen molar-refractivity contribution in [2.45, 2.75) is 25.8 Å². The summed E-state index contributed by atoms with van der Waals surface area (Å²) >= 11 is 0. The van der Waals surface area contributed by atoms with Crippen molar-refractivity contribution < 1.29 is 9.90 Å². The van der Waals surface area contributed by atoms with Gasteiger partial charge in [-0.05, 0) is 57.1 Å². The number of amides is 1. The molecule has 0 bridgehead atoms. The lowest BCUT2D eigenvalue weighted by atomic mass is 10.2. The van der Waals surface area contributed by atoms with Crippen LogP contribution in [0.25, 0.3) is 0 Å². The number of rotatable bonds is 4. The van der Waals surface area contributed by atoms with Gasteiger partial charge in [0, 0.05) is 18.2 Å². The smallest absolute Gasteiger partial charge is 0.251 e. The summed E-state index contributed by atoms with van der Waals surface area (Å²) in [5.41, 5.74) is 0.584. The Morgan fingerprint density at radius 1 is 1.33 bits per heavy atom. The standard InChI is InChI=1S/C14H20N2O2/c1-11(10-16-8-2-3-9-16)15-14(18)12-4-6-13(17)7-5-12/h4-7,11,17H,2-3,8-10H2,1H3,(H,15,18). The molecule has 1 saturated heterocycles. The molecule has 18 heavy (non-hydrogen) atoms. The molecule has 1 aliphatic heterocycles. The average molecular weight is 248 g/mol. The zero-order valence-electron chi connectivity index (χ0n) is 10.7. The molecule has 1 heterocycles. The molecule has 2 rings (SSSR count). The van der Waals surface area contributed by atoms with Gasteiger partial charge in [0.15, 0.2) is 0 Å². The third kappa shape index (κ3) is 3.47. The van der Waals surface area contributed by atoms with Crippen molar-refractivity contribution in [1.82, 2.24) is 10.2 Å². The molecule has 1 amide bonds. The van der Waals surface area contributed by atoms with E-state index >= 15 is 0 Å². The molecule has 1 fully saturated rings. The summed E-state index contributed by atoms with van der Waals surface area (Å²) in [5.74, 6) is 0.0957. The first-order valence-corrected chi connectivity index (χ1v) is 6.47. The van der Waals surface area contributed by atoms with E-state index in [2.05, 4.69) is 10.2 Å². The normalized spacial score (nSPS) is 17.6. The Hall–Kier alpha value is -1.55. The van der Waals surface area contributed by atoms with Gasteiger partial charge in [-0.15, -0.1) is 0 Å². The van der Waals surface area contributed by atoms with Gasteiger partial charge in [0.2, 0.25) is 0 Å². The van der Waals surface area contributed by atoms with Crippen molar-refractivity contribution in [2.24, 2.45) is 0 Å². The largest absolute Gasteiger partial charge is 0.508 e. The molecule has 0 spiro atoms. The Morgan fingerprint density at radius 3 is 2.56 bits per heavy atom. The third-order valence-electron chi connectivity index (χ3n) is 3.24. The minimum absolute atomic E-state index is 0.0818. The summed E-state index contributed by atoms with van der Waals surface area (Å²) in [5, 5.41) is 12.2. The van der Waals surface area contributed by atoms with E-state index < -0.39 is 0 Å². The highest BCUT2D eigenvalue weighted by Crippen LogP contribution is 2.10. The lowest BCUT2D eigenvalue weighted by molar-refractivity contribution is 0.0932. The Kier molecular flexibility index (Phi) is 4.20. The van der Waals surface area contributed by atoms with Gasteiger partial charge < -0.3 is 15.3 Å². The molecule has 0 aromatic heterocycles. The van der Waals surface area contributed by atoms with Crippen molar-refractivity contribution in [3.63, 3.8) is 0 Å². The van der Waals surface area contributed by atoms with Crippen LogP contribution in [0.1, 0.15) is 30.1 Å².